The molecule has 2 aromatic carbocycles. The molecule has 0 unspecified atom stereocenters. The van der Waals surface area contributed by atoms with Gasteiger partial charge in [-0.05, 0) is 37.3 Å². The van der Waals surface area contributed by atoms with Crippen LogP contribution in [0.1, 0.15) is 12.5 Å². The number of sulfonamides is 1. The maximum absolute atomic E-state index is 13.1. The summed E-state index contributed by atoms with van der Waals surface area (Å²) in [5.74, 6) is -0.0883. The number of rotatable bonds is 5. The predicted molar refractivity (Wildman–Crippen MR) is 109 cm³/mol. The van der Waals surface area contributed by atoms with Crippen molar-refractivity contribution in [2.24, 2.45) is 0 Å². The first-order valence-electron chi connectivity index (χ1n) is 8.94. The van der Waals surface area contributed by atoms with Crippen LogP contribution in [0, 0.1) is 0 Å². The number of halogens is 4. The van der Waals surface area contributed by atoms with Crippen LogP contribution < -0.4 is 19.1 Å². The highest BCUT2D eigenvalue weighted by Crippen LogP contribution is 2.37. The molecule has 0 saturated carbocycles. The number of hydrogen-bond acceptors (Lipinski definition) is 5. The van der Waals surface area contributed by atoms with Gasteiger partial charge in [-0.15, -0.1) is 0 Å². The summed E-state index contributed by atoms with van der Waals surface area (Å²) >= 11 is 5.59. The summed E-state index contributed by atoms with van der Waals surface area (Å²) in [5.41, 5.74) is -1.16. The average molecular weight is 479 g/mol. The number of carbonyl (C=O) groups is 1. The van der Waals surface area contributed by atoms with E-state index in [0.29, 0.717) is 24.2 Å². The summed E-state index contributed by atoms with van der Waals surface area (Å²) in [7, 11) is -3.94. The number of ether oxygens (including phenoxy) is 2. The van der Waals surface area contributed by atoms with E-state index in [4.69, 9.17) is 21.1 Å². The van der Waals surface area contributed by atoms with E-state index in [1.165, 1.54) is 31.2 Å². The van der Waals surface area contributed by atoms with E-state index >= 15 is 0 Å². The zero-order valence-corrected chi connectivity index (χ0v) is 17.9. The molecule has 0 bridgehead atoms. The third kappa shape index (κ3) is 5.16. The molecular formula is C19H18ClF3N2O5S. The van der Waals surface area contributed by atoms with Crippen LogP contribution in [0.15, 0.2) is 36.4 Å². The van der Waals surface area contributed by atoms with Gasteiger partial charge in [0.15, 0.2) is 11.5 Å². The molecule has 0 radical (unpaired) electrons. The van der Waals surface area contributed by atoms with Gasteiger partial charge in [-0.2, -0.15) is 13.2 Å². The van der Waals surface area contributed by atoms with Crippen molar-refractivity contribution in [1.29, 1.82) is 0 Å². The van der Waals surface area contributed by atoms with Crippen LogP contribution >= 0.6 is 11.6 Å². The van der Waals surface area contributed by atoms with Crippen LogP contribution in [-0.2, 0) is 21.0 Å². The van der Waals surface area contributed by atoms with Gasteiger partial charge in [-0.25, -0.2) is 8.42 Å². The largest absolute Gasteiger partial charge is 0.486 e. The number of alkyl halides is 3. The molecule has 168 valence electrons. The van der Waals surface area contributed by atoms with E-state index in [2.05, 4.69) is 5.32 Å². The lowest BCUT2D eigenvalue weighted by atomic mass is 10.1. The van der Waals surface area contributed by atoms with E-state index in [1.807, 2.05) is 0 Å². The molecule has 1 aliphatic rings. The number of carbonyl (C=O) groups excluding carboxylic acids is 1. The first-order valence-corrected chi connectivity index (χ1v) is 11.2. The number of anilines is 2. The second-order valence-electron chi connectivity index (χ2n) is 6.74. The molecule has 1 N–H and O–H groups in total. The lowest BCUT2D eigenvalue weighted by molar-refractivity contribution is -0.137. The molecule has 0 saturated heterocycles. The molecule has 31 heavy (non-hydrogen) atoms. The Bertz CT molecular complexity index is 1110. The molecule has 2 aromatic rings. The zero-order valence-electron chi connectivity index (χ0n) is 16.4. The fourth-order valence-corrected chi connectivity index (χ4v) is 4.44. The van der Waals surface area contributed by atoms with Gasteiger partial charge in [0.2, 0.25) is 15.9 Å². The maximum Gasteiger partial charge on any atom is 0.417 e. The minimum atomic E-state index is -4.71. The number of amides is 1. The molecule has 12 heteroatoms. The van der Waals surface area contributed by atoms with Crippen molar-refractivity contribution in [3.05, 3.63) is 47.0 Å². The quantitative estimate of drug-likeness (QED) is 0.704. The Kier molecular flexibility index (Phi) is 6.28. The lowest BCUT2D eigenvalue weighted by Crippen LogP contribution is -2.45. The van der Waals surface area contributed by atoms with Gasteiger partial charge in [0.05, 0.1) is 22.5 Å². The number of benzene rings is 2. The molecule has 3 rings (SSSR count). The fourth-order valence-electron chi connectivity index (χ4n) is 3.04. The van der Waals surface area contributed by atoms with Crippen LogP contribution in [0.25, 0.3) is 0 Å². The Balaban J connectivity index is 1.89. The highest BCUT2D eigenvalue weighted by Gasteiger charge is 2.34. The van der Waals surface area contributed by atoms with Gasteiger partial charge in [0.25, 0.3) is 0 Å². The highest BCUT2D eigenvalue weighted by atomic mass is 35.5. The Morgan fingerprint density at radius 2 is 1.77 bits per heavy atom. The number of fused-ring (bicyclic) bond motifs is 1. The van der Waals surface area contributed by atoms with Crippen LogP contribution in [0.5, 0.6) is 11.5 Å². The summed E-state index contributed by atoms with van der Waals surface area (Å²) in [5, 5.41) is 1.79. The highest BCUT2D eigenvalue weighted by molar-refractivity contribution is 7.92. The molecule has 1 amide bonds. The smallest absolute Gasteiger partial charge is 0.417 e. The van der Waals surface area contributed by atoms with E-state index in [1.54, 1.807) is 0 Å². The Morgan fingerprint density at radius 1 is 1.13 bits per heavy atom. The number of hydrogen-bond donors (Lipinski definition) is 1. The Morgan fingerprint density at radius 3 is 2.39 bits per heavy atom. The van der Waals surface area contributed by atoms with Crippen LogP contribution in [0.4, 0.5) is 24.5 Å². The molecule has 0 aromatic heterocycles. The normalized spacial score (nSPS) is 14.6. The van der Waals surface area contributed by atoms with Crippen molar-refractivity contribution in [2.45, 2.75) is 19.1 Å². The molecule has 0 aliphatic carbocycles. The zero-order chi connectivity index (χ0) is 23.0. The minimum absolute atomic E-state index is 0.140. The maximum atomic E-state index is 13.1. The van der Waals surface area contributed by atoms with Crippen molar-refractivity contribution in [2.75, 3.05) is 29.1 Å². The van der Waals surface area contributed by atoms with E-state index in [0.717, 1.165) is 16.6 Å². The van der Waals surface area contributed by atoms with E-state index in [9.17, 15) is 26.4 Å². The molecular weight excluding hydrogens is 461 g/mol. The first-order chi connectivity index (χ1) is 14.4. The topological polar surface area (TPSA) is 84.9 Å². The first kappa shape index (κ1) is 23.0. The predicted octanol–water partition coefficient (Wildman–Crippen LogP) is 3.92. The molecule has 0 spiro atoms. The third-order valence-electron chi connectivity index (χ3n) is 4.41. The fraction of sp³-hybridized carbons (Fsp3) is 0.316. The molecule has 1 heterocycles. The van der Waals surface area contributed by atoms with Crippen molar-refractivity contribution in [1.82, 2.24) is 0 Å². The van der Waals surface area contributed by atoms with Gasteiger partial charge in [-0.3, -0.25) is 9.10 Å². The lowest BCUT2D eigenvalue weighted by Gasteiger charge is -2.29. The van der Waals surface area contributed by atoms with E-state index in [-0.39, 0.29) is 18.0 Å². The summed E-state index contributed by atoms with van der Waals surface area (Å²) < 4.78 is 75.8. The van der Waals surface area contributed by atoms with Crippen molar-refractivity contribution >= 4 is 38.9 Å². The van der Waals surface area contributed by atoms with E-state index < -0.39 is 38.7 Å². The van der Waals surface area contributed by atoms with Gasteiger partial charge >= 0.3 is 6.18 Å². The van der Waals surface area contributed by atoms with Gasteiger partial charge in [0, 0.05) is 11.8 Å². The second kappa shape index (κ2) is 8.46. The Hall–Kier alpha value is -2.66. The third-order valence-corrected chi connectivity index (χ3v) is 5.98. The number of nitrogens with one attached hydrogen (secondary N) is 1. The van der Waals surface area contributed by atoms with Crippen molar-refractivity contribution in [3.8, 4) is 11.5 Å². The number of nitrogens with zero attached hydrogens (tertiary/aromatic N) is 1. The summed E-state index contributed by atoms with van der Waals surface area (Å²) in [6.07, 6.45) is -3.80. The van der Waals surface area contributed by atoms with Crippen molar-refractivity contribution < 1.29 is 35.9 Å². The van der Waals surface area contributed by atoms with Gasteiger partial charge < -0.3 is 14.8 Å². The summed E-state index contributed by atoms with van der Waals surface area (Å²) in [6, 6.07) is 5.97. The van der Waals surface area contributed by atoms with Crippen LogP contribution in [-0.4, -0.2) is 39.8 Å². The van der Waals surface area contributed by atoms with Crippen molar-refractivity contribution in [3.63, 3.8) is 0 Å². The molecule has 0 fully saturated rings. The molecule has 7 nitrogen and oxygen atoms in total. The monoisotopic (exact) mass is 478 g/mol. The van der Waals surface area contributed by atoms with Crippen LogP contribution in [0.3, 0.4) is 0 Å². The van der Waals surface area contributed by atoms with Gasteiger partial charge in [-0.1, -0.05) is 11.6 Å². The minimum Gasteiger partial charge on any atom is -0.486 e. The summed E-state index contributed by atoms with van der Waals surface area (Å²) in [6.45, 7) is 1.94. The standard InChI is InChI=1S/C19H18ClF3N2O5S/c1-11(18(26)24-12-3-5-15(20)14(9-12)19(21,22)23)25(31(2,27)28)13-4-6-16-17(10-13)30-8-7-29-16/h3-6,9-11H,7-8H2,1-2H3,(H,24,26)/t11-/m1/s1. The van der Waals surface area contributed by atoms with Gasteiger partial charge in [0.1, 0.15) is 19.3 Å². The SMILES string of the molecule is C[C@H](C(=O)Nc1ccc(Cl)c(C(F)(F)F)c1)N(c1ccc2c(c1)OCCO2)S(C)(=O)=O. The second-order valence-corrected chi connectivity index (χ2v) is 9.01. The molecule has 1 atom stereocenters. The Labute approximate surface area is 181 Å². The average Bonchev–Trinajstić information content (AvgIpc) is 2.67. The van der Waals surface area contributed by atoms with Crippen LogP contribution in [0.2, 0.25) is 5.02 Å². The molecule has 1 aliphatic heterocycles. The summed E-state index contributed by atoms with van der Waals surface area (Å²) in [4.78, 5) is 12.7.